The molecule has 0 radical (unpaired) electrons. The van der Waals surface area contributed by atoms with Crippen LogP contribution >= 0.6 is 24.0 Å². The molecule has 3 rings (SSSR count). The predicted molar refractivity (Wildman–Crippen MR) is 93.2 cm³/mol. The Morgan fingerprint density at radius 2 is 2.33 bits per heavy atom. The Kier molecular flexibility index (Phi) is 6.35. The van der Waals surface area contributed by atoms with Crippen LogP contribution < -0.4 is 10.6 Å². The third kappa shape index (κ3) is 4.35. The zero-order valence-electron chi connectivity index (χ0n) is 12.4. The molecule has 6 heteroatoms. The second kappa shape index (κ2) is 8.03. The summed E-state index contributed by atoms with van der Waals surface area (Å²) in [6, 6.07) is 4.31. The van der Waals surface area contributed by atoms with Crippen LogP contribution in [-0.2, 0) is 11.2 Å². The van der Waals surface area contributed by atoms with E-state index < -0.39 is 0 Å². The van der Waals surface area contributed by atoms with Gasteiger partial charge in [-0.25, -0.2) is 0 Å². The van der Waals surface area contributed by atoms with Crippen molar-refractivity contribution in [3.63, 3.8) is 0 Å². The van der Waals surface area contributed by atoms with E-state index in [0.29, 0.717) is 18.2 Å². The molecule has 0 spiro atoms. The monoisotopic (exact) mass is 405 g/mol. The summed E-state index contributed by atoms with van der Waals surface area (Å²) in [5, 5.41) is 6.81. The third-order valence-corrected chi connectivity index (χ3v) is 3.98. The quantitative estimate of drug-likeness (QED) is 0.449. The molecule has 118 valence electrons. The van der Waals surface area contributed by atoms with Crippen molar-refractivity contribution in [1.29, 1.82) is 0 Å². The number of rotatable bonds is 5. The van der Waals surface area contributed by atoms with E-state index in [1.165, 1.54) is 12.8 Å². The first-order valence-electron chi connectivity index (χ1n) is 7.58. The summed E-state index contributed by atoms with van der Waals surface area (Å²) in [6.45, 7) is 3.68. The van der Waals surface area contributed by atoms with Crippen LogP contribution in [0, 0.1) is 0 Å². The minimum atomic E-state index is 0. The maximum Gasteiger partial charge on any atom is 0.191 e. The molecule has 2 N–H and O–H groups in total. The summed E-state index contributed by atoms with van der Waals surface area (Å²) in [5.41, 5.74) is 0. The molecule has 0 amide bonds. The average Bonchev–Trinajstić information content (AvgIpc) is 3.16. The molecule has 3 heterocycles. The van der Waals surface area contributed by atoms with E-state index in [1.54, 1.807) is 6.26 Å². The molecule has 2 fully saturated rings. The highest BCUT2D eigenvalue weighted by Gasteiger charge is 2.41. The van der Waals surface area contributed by atoms with Gasteiger partial charge >= 0.3 is 0 Å². The Bertz CT molecular complexity index is 450. The van der Waals surface area contributed by atoms with Crippen LogP contribution in [0.2, 0.25) is 0 Å². The summed E-state index contributed by atoms with van der Waals surface area (Å²) in [7, 11) is 0. The van der Waals surface area contributed by atoms with Gasteiger partial charge in [0.1, 0.15) is 5.76 Å². The molecule has 1 aromatic rings. The molecule has 2 saturated heterocycles. The first-order valence-corrected chi connectivity index (χ1v) is 7.58. The normalized spacial score (nSPS) is 27.5. The summed E-state index contributed by atoms with van der Waals surface area (Å²) in [4.78, 5) is 4.61. The average molecular weight is 405 g/mol. The van der Waals surface area contributed by atoms with Crippen LogP contribution in [0.4, 0.5) is 0 Å². The molecular weight excluding hydrogens is 381 g/mol. The number of aliphatic imine (C=N–C) groups is 1. The van der Waals surface area contributed by atoms with E-state index in [9.17, 15) is 0 Å². The number of nitrogens with one attached hydrogen (secondary N) is 2. The van der Waals surface area contributed by atoms with Gasteiger partial charge in [0, 0.05) is 19.5 Å². The van der Waals surface area contributed by atoms with Crippen molar-refractivity contribution in [2.24, 2.45) is 4.99 Å². The fourth-order valence-electron chi connectivity index (χ4n) is 3.02. The lowest BCUT2D eigenvalue weighted by Gasteiger charge is -2.22. The lowest BCUT2D eigenvalue weighted by Crippen LogP contribution is -2.47. The number of guanidine groups is 1. The van der Waals surface area contributed by atoms with E-state index in [4.69, 9.17) is 9.15 Å². The van der Waals surface area contributed by atoms with Gasteiger partial charge in [-0.2, -0.15) is 0 Å². The molecule has 0 aliphatic carbocycles. The van der Waals surface area contributed by atoms with Gasteiger partial charge in [-0.15, -0.1) is 24.0 Å². The van der Waals surface area contributed by atoms with Crippen molar-refractivity contribution in [2.45, 2.75) is 50.9 Å². The zero-order chi connectivity index (χ0) is 13.8. The highest BCUT2D eigenvalue weighted by atomic mass is 127. The van der Waals surface area contributed by atoms with E-state index >= 15 is 0 Å². The van der Waals surface area contributed by atoms with Crippen LogP contribution in [0.25, 0.3) is 0 Å². The van der Waals surface area contributed by atoms with E-state index in [0.717, 1.165) is 37.7 Å². The minimum Gasteiger partial charge on any atom is -0.469 e. The molecular formula is C15H24IN3O2. The van der Waals surface area contributed by atoms with Gasteiger partial charge in [-0.1, -0.05) is 0 Å². The fourth-order valence-corrected chi connectivity index (χ4v) is 3.02. The molecule has 3 unspecified atom stereocenters. The Labute approximate surface area is 142 Å². The van der Waals surface area contributed by atoms with Crippen LogP contribution in [0.1, 0.15) is 31.9 Å². The molecule has 2 bridgehead atoms. The van der Waals surface area contributed by atoms with Crippen molar-refractivity contribution in [3.8, 4) is 0 Å². The molecule has 2 aliphatic heterocycles. The Morgan fingerprint density at radius 1 is 1.43 bits per heavy atom. The third-order valence-electron chi connectivity index (χ3n) is 3.98. The van der Waals surface area contributed by atoms with Crippen molar-refractivity contribution in [1.82, 2.24) is 10.6 Å². The number of furan rings is 1. The first kappa shape index (κ1) is 16.6. The maximum absolute atomic E-state index is 5.87. The predicted octanol–water partition coefficient (Wildman–Crippen LogP) is 2.32. The maximum atomic E-state index is 5.87. The summed E-state index contributed by atoms with van der Waals surface area (Å²) in [5.74, 6) is 1.87. The van der Waals surface area contributed by atoms with Gasteiger partial charge in [0.15, 0.2) is 5.96 Å². The van der Waals surface area contributed by atoms with E-state index in [1.807, 2.05) is 12.1 Å². The SMILES string of the molecule is CCNC(=NCCc1ccco1)NC1CC2CCC1O2.I. The van der Waals surface area contributed by atoms with Gasteiger partial charge in [0.2, 0.25) is 0 Å². The van der Waals surface area contributed by atoms with Crippen LogP contribution in [-0.4, -0.2) is 37.3 Å². The first-order chi connectivity index (χ1) is 9.85. The number of hydrogen-bond acceptors (Lipinski definition) is 3. The van der Waals surface area contributed by atoms with Crippen molar-refractivity contribution >= 4 is 29.9 Å². The lowest BCUT2D eigenvalue weighted by molar-refractivity contribution is 0.0992. The molecule has 0 aromatic carbocycles. The minimum absolute atomic E-state index is 0. The Hall–Kier alpha value is -0.760. The molecule has 3 atom stereocenters. The van der Waals surface area contributed by atoms with E-state index in [2.05, 4.69) is 22.5 Å². The number of nitrogens with zero attached hydrogens (tertiary/aromatic N) is 1. The lowest BCUT2D eigenvalue weighted by atomic mass is 9.96. The highest BCUT2D eigenvalue weighted by Crippen LogP contribution is 2.34. The number of fused-ring (bicyclic) bond motifs is 2. The van der Waals surface area contributed by atoms with Crippen LogP contribution in [0.15, 0.2) is 27.8 Å². The summed E-state index contributed by atoms with van der Waals surface area (Å²) in [6.07, 6.45) is 6.86. The number of hydrogen-bond donors (Lipinski definition) is 2. The molecule has 1 aromatic heterocycles. The second-order valence-corrected chi connectivity index (χ2v) is 5.45. The Balaban J connectivity index is 0.00000161. The van der Waals surface area contributed by atoms with Crippen molar-refractivity contribution < 1.29 is 9.15 Å². The van der Waals surface area contributed by atoms with Gasteiger partial charge in [0.25, 0.3) is 0 Å². The molecule has 21 heavy (non-hydrogen) atoms. The zero-order valence-corrected chi connectivity index (χ0v) is 14.7. The van der Waals surface area contributed by atoms with Gasteiger partial charge < -0.3 is 19.8 Å². The largest absolute Gasteiger partial charge is 0.469 e. The molecule has 5 nitrogen and oxygen atoms in total. The van der Waals surface area contributed by atoms with Crippen molar-refractivity contribution in [2.75, 3.05) is 13.1 Å². The second-order valence-electron chi connectivity index (χ2n) is 5.45. The van der Waals surface area contributed by atoms with Gasteiger partial charge in [0.05, 0.1) is 24.5 Å². The topological polar surface area (TPSA) is 58.8 Å². The molecule has 2 aliphatic rings. The standard InChI is InChI=1S/C15H23N3O2.HI/c1-2-16-15(17-8-7-11-4-3-9-19-11)18-13-10-12-5-6-14(13)20-12;/h3-4,9,12-14H,2,5-8,10H2,1H3,(H2,16,17,18);1H. The van der Waals surface area contributed by atoms with Gasteiger partial charge in [-0.3, -0.25) is 4.99 Å². The Morgan fingerprint density at radius 3 is 2.95 bits per heavy atom. The van der Waals surface area contributed by atoms with Crippen LogP contribution in [0.3, 0.4) is 0 Å². The van der Waals surface area contributed by atoms with Crippen LogP contribution in [0.5, 0.6) is 0 Å². The van der Waals surface area contributed by atoms with Crippen molar-refractivity contribution in [3.05, 3.63) is 24.2 Å². The van der Waals surface area contributed by atoms with Gasteiger partial charge in [-0.05, 0) is 38.3 Å². The summed E-state index contributed by atoms with van der Waals surface area (Å²) < 4.78 is 11.2. The smallest absolute Gasteiger partial charge is 0.191 e. The number of halogens is 1. The molecule has 0 saturated carbocycles. The highest BCUT2D eigenvalue weighted by molar-refractivity contribution is 14.0. The number of ether oxygens (including phenoxy) is 1. The van der Waals surface area contributed by atoms with E-state index in [-0.39, 0.29) is 24.0 Å². The fraction of sp³-hybridized carbons (Fsp3) is 0.667. The summed E-state index contributed by atoms with van der Waals surface area (Å²) >= 11 is 0.